The van der Waals surface area contributed by atoms with Gasteiger partial charge in [-0.25, -0.2) is 19.9 Å². The van der Waals surface area contributed by atoms with Crippen molar-refractivity contribution < 1.29 is 19.4 Å². The van der Waals surface area contributed by atoms with E-state index in [1.807, 2.05) is 0 Å². The van der Waals surface area contributed by atoms with Crippen LogP contribution in [0.5, 0.6) is 11.5 Å². The lowest BCUT2D eigenvalue weighted by Crippen LogP contribution is -2.20. The van der Waals surface area contributed by atoms with Gasteiger partial charge >= 0.3 is 5.97 Å². The zero-order valence-electron chi connectivity index (χ0n) is 26.8. The van der Waals surface area contributed by atoms with Crippen LogP contribution in [0, 0.1) is 11.8 Å². The Kier molecular flexibility index (Phi) is 13.0. The molecule has 0 saturated heterocycles. The fourth-order valence-electron chi connectivity index (χ4n) is 3.94. The van der Waals surface area contributed by atoms with E-state index in [9.17, 15) is 24.3 Å². The van der Waals surface area contributed by atoms with Crippen molar-refractivity contribution in [2.24, 2.45) is 11.8 Å². The molecule has 0 atom stereocenters. The van der Waals surface area contributed by atoms with Crippen LogP contribution < -0.4 is 15.9 Å². The van der Waals surface area contributed by atoms with Crippen LogP contribution in [0.1, 0.15) is 27.7 Å². The SMILES string of the molecule is CC(C)C(=O)Cl.CC(C)C(=O)Oc1c(-c2ncc(Cl)cc2Cl)c(=O)[nH]c2nccnc12.O=c1[nH]c2nccnc2c(O)c1-c1ncc(Cl)cc1Cl. The molecule has 19 heteroatoms. The number of aromatic hydroxyl groups is 1. The van der Waals surface area contributed by atoms with Gasteiger partial charge in [-0.15, -0.1) is 0 Å². The average Bonchev–Trinajstić information content (AvgIpc) is 3.07. The molecule has 0 aliphatic rings. The molecule has 0 aliphatic carbocycles. The molecule has 0 amide bonds. The van der Waals surface area contributed by atoms with Crippen molar-refractivity contribution in [2.45, 2.75) is 27.7 Å². The first-order valence-corrected chi connectivity index (χ1v) is 16.5. The number of nitrogens with one attached hydrogen (secondary N) is 2. The molecule has 0 aliphatic heterocycles. The summed E-state index contributed by atoms with van der Waals surface area (Å²) in [4.78, 5) is 76.0. The van der Waals surface area contributed by atoms with Crippen molar-refractivity contribution >= 4 is 91.5 Å². The van der Waals surface area contributed by atoms with Crippen LogP contribution in [0.3, 0.4) is 0 Å². The van der Waals surface area contributed by atoms with Crippen LogP contribution in [0.2, 0.25) is 20.1 Å². The van der Waals surface area contributed by atoms with E-state index in [-0.39, 0.29) is 77.5 Å². The van der Waals surface area contributed by atoms with Gasteiger partial charge in [-0.2, -0.15) is 0 Å². The Morgan fingerprint density at radius 2 is 1.12 bits per heavy atom. The van der Waals surface area contributed by atoms with Crippen molar-refractivity contribution in [1.82, 2.24) is 39.9 Å². The van der Waals surface area contributed by atoms with Crippen LogP contribution in [0.15, 0.2) is 58.9 Å². The molecule has 51 heavy (non-hydrogen) atoms. The average molecular weight is 795 g/mol. The highest BCUT2D eigenvalue weighted by atomic mass is 35.5. The smallest absolute Gasteiger partial charge is 0.313 e. The minimum absolute atomic E-state index is 0.0105. The lowest BCUT2D eigenvalue weighted by Gasteiger charge is -2.13. The van der Waals surface area contributed by atoms with Crippen LogP contribution in [0.4, 0.5) is 0 Å². The largest absolute Gasteiger partial charge is 0.505 e. The van der Waals surface area contributed by atoms with Crippen LogP contribution >= 0.6 is 58.0 Å². The van der Waals surface area contributed by atoms with Gasteiger partial charge in [0.05, 0.1) is 37.4 Å². The van der Waals surface area contributed by atoms with Crippen molar-refractivity contribution in [1.29, 1.82) is 0 Å². The van der Waals surface area contributed by atoms with Gasteiger partial charge in [0.2, 0.25) is 5.24 Å². The lowest BCUT2D eigenvalue weighted by molar-refractivity contribution is -0.137. The molecule has 6 aromatic rings. The molecule has 0 spiro atoms. The van der Waals surface area contributed by atoms with Gasteiger partial charge in [-0.05, 0) is 23.7 Å². The number of halogens is 5. The zero-order chi connectivity index (χ0) is 37.6. The number of carbonyl (C=O) groups is 2. The van der Waals surface area contributed by atoms with Gasteiger partial charge in [0.15, 0.2) is 22.8 Å². The molecule has 0 radical (unpaired) electrons. The van der Waals surface area contributed by atoms with E-state index in [0.717, 1.165) is 0 Å². The second-order valence-electron chi connectivity index (χ2n) is 10.8. The van der Waals surface area contributed by atoms with E-state index in [4.69, 9.17) is 62.7 Å². The normalized spacial score (nSPS) is 10.8. The number of pyridine rings is 4. The molecule has 6 aromatic heterocycles. The number of aromatic nitrogens is 8. The summed E-state index contributed by atoms with van der Waals surface area (Å²) in [5.41, 5.74) is -0.189. The van der Waals surface area contributed by atoms with Crippen molar-refractivity contribution in [2.75, 3.05) is 0 Å². The first-order valence-electron chi connectivity index (χ1n) is 14.6. The molecule has 0 fully saturated rings. The van der Waals surface area contributed by atoms with Gasteiger partial charge in [0, 0.05) is 43.1 Å². The highest BCUT2D eigenvalue weighted by Gasteiger charge is 2.24. The first kappa shape index (κ1) is 39.1. The fourth-order valence-corrected chi connectivity index (χ4v) is 4.88. The molecular formula is C32H25Cl5N8O6. The van der Waals surface area contributed by atoms with Crippen molar-refractivity contribution in [3.8, 4) is 34.0 Å². The Morgan fingerprint density at radius 1 is 0.686 bits per heavy atom. The number of rotatable bonds is 5. The fraction of sp³-hybridized carbons (Fsp3) is 0.188. The molecule has 3 N–H and O–H groups in total. The number of aromatic amines is 2. The van der Waals surface area contributed by atoms with Gasteiger partial charge in [-0.1, -0.05) is 74.1 Å². The zero-order valence-corrected chi connectivity index (χ0v) is 30.6. The second-order valence-corrected chi connectivity index (χ2v) is 12.9. The minimum atomic E-state index is -0.563. The van der Waals surface area contributed by atoms with E-state index in [0.29, 0.717) is 10.0 Å². The number of hydrogen-bond donors (Lipinski definition) is 3. The molecule has 0 bridgehead atoms. The maximum Gasteiger partial charge on any atom is 0.313 e. The van der Waals surface area contributed by atoms with E-state index < -0.39 is 23.0 Å². The van der Waals surface area contributed by atoms with E-state index >= 15 is 0 Å². The predicted molar refractivity (Wildman–Crippen MR) is 195 cm³/mol. The van der Waals surface area contributed by atoms with E-state index in [1.165, 1.54) is 49.3 Å². The number of carbonyl (C=O) groups excluding carboxylic acids is 2. The molecule has 14 nitrogen and oxygen atoms in total. The molecule has 264 valence electrons. The summed E-state index contributed by atoms with van der Waals surface area (Å²) in [5.74, 6) is -1.32. The summed E-state index contributed by atoms with van der Waals surface area (Å²) in [6.07, 6.45) is 8.33. The third-order valence-electron chi connectivity index (χ3n) is 6.43. The summed E-state index contributed by atoms with van der Waals surface area (Å²) >= 11 is 28.8. The summed E-state index contributed by atoms with van der Waals surface area (Å²) in [7, 11) is 0. The highest BCUT2D eigenvalue weighted by molar-refractivity contribution is 6.63. The monoisotopic (exact) mass is 792 g/mol. The Balaban J connectivity index is 0.000000201. The third-order valence-corrected chi connectivity index (χ3v) is 7.86. The molecule has 0 aromatic carbocycles. The molecule has 0 unspecified atom stereocenters. The minimum Gasteiger partial charge on any atom is -0.505 e. The van der Waals surface area contributed by atoms with Crippen LogP contribution in [-0.4, -0.2) is 56.2 Å². The second kappa shape index (κ2) is 17.0. The summed E-state index contributed by atoms with van der Waals surface area (Å²) < 4.78 is 5.45. The van der Waals surface area contributed by atoms with Gasteiger partial charge in [-0.3, -0.25) is 29.1 Å². The van der Waals surface area contributed by atoms with Crippen LogP contribution in [-0.2, 0) is 9.59 Å². The number of hydrogen-bond acceptors (Lipinski definition) is 12. The first-order chi connectivity index (χ1) is 24.1. The van der Waals surface area contributed by atoms with Crippen molar-refractivity contribution in [3.63, 3.8) is 0 Å². The van der Waals surface area contributed by atoms with Crippen molar-refractivity contribution in [3.05, 3.63) is 90.1 Å². The Hall–Kier alpha value is -4.73. The maximum absolute atomic E-state index is 12.6. The van der Waals surface area contributed by atoms with E-state index in [1.54, 1.807) is 27.7 Å². The molecule has 6 rings (SSSR count). The number of esters is 1. The number of nitrogens with zero attached hydrogens (tertiary/aromatic N) is 6. The third kappa shape index (κ3) is 9.34. The topological polar surface area (TPSA) is 207 Å². The van der Waals surface area contributed by atoms with Crippen LogP contribution in [0.25, 0.3) is 44.8 Å². The number of ether oxygens (including phenoxy) is 1. The molecular weight excluding hydrogens is 770 g/mol. The predicted octanol–water partition coefficient (Wildman–Crippen LogP) is 7.05. The Labute approximate surface area is 313 Å². The number of H-pyrrole nitrogens is 2. The molecule has 6 heterocycles. The maximum atomic E-state index is 12.6. The lowest BCUT2D eigenvalue weighted by atomic mass is 10.1. The summed E-state index contributed by atoms with van der Waals surface area (Å²) in [6.45, 7) is 6.87. The van der Waals surface area contributed by atoms with E-state index in [2.05, 4.69) is 39.9 Å². The highest BCUT2D eigenvalue weighted by Crippen LogP contribution is 2.36. The Bertz CT molecular complexity index is 2390. The Morgan fingerprint density at radius 3 is 1.59 bits per heavy atom. The van der Waals surface area contributed by atoms with Gasteiger partial charge in [0.1, 0.15) is 22.2 Å². The summed E-state index contributed by atoms with van der Waals surface area (Å²) in [6, 6.07) is 2.88. The summed E-state index contributed by atoms with van der Waals surface area (Å²) in [5, 5.41) is 10.9. The molecule has 0 saturated carbocycles. The number of fused-ring (bicyclic) bond motifs is 2. The van der Waals surface area contributed by atoms with Gasteiger partial charge < -0.3 is 19.8 Å². The standard InChI is InChI=1S/C16H12Cl2N4O3.C12H6Cl2N4O2.C4H7ClO/c1-7(2)16(24)25-13-10(11-9(18)5-8(17)6-21-11)15(23)22-14-12(13)19-3-4-20-14;13-5-3-6(14)8(17-4-5)7-10(19)9-11(18-12(7)20)16-2-1-15-9;1-3(2)4(5)6/h3-7H,1-2H3,(H,20,22,23);1-4H,(H2,16,18,19,20);3H,1-2H3. The quantitative estimate of drug-likeness (QED) is 0.119. The van der Waals surface area contributed by atoms with Gasteiger partial charge in [0.25, 0.3) is 11.1 Å².